The van der Waals surface area contributed by atoms with E-state index in [1.807, 2.05) is 0 Å². The minimum absolute atomic E-state index is 0.0261. The number of aromatic nitrogens is 2. The summed E-state index contributed by atoms with van der Waals surface area (Å²) in [5.41, 5.74) is 0.586. The second-order valence-corrected chi connectivity index (χ2v) is 7.61. The molecule has 0 unspecified atom stereocenters. The molecule has 0 spiro atoms. The van der Waals surface area contributed by atoms with Gasteiger partial charge in [-0.3, -0.25) is 4.79 Å². The summed E-state index contributed by atoms with van der Waals surface area (Å²) in [7, 11) is 0. The average molecular weight is 446 g/mol. The second-order valence-electron chi connectivity index (χ2n) is 7.61. The number of carbonyl (C=O) groups is 1. The van der Waals surface area contributed by atoms with E-state index in [4.69, 9.17) is 9.93 Å². The number of halogens is 3. The smallest absolute Gasteiger partial charge is 0.344 e. The fourth-order valence-electron chi connectivity index (χ4n) is 3.70. The van der Waals surface area contributed by atoms with Gasteiger partial charge < -0.3 is 25.9 Å². The van der Waals surface area contributed by atoms with Crippen molar-refractivity contribution in [3.63, 3.8) is 0 Å². The van der Waals surface area contributed by atoms with E-state index in [1.54, 1.807) is 0 Å². The van der Waals surface area contributed by atoms with Gasteiger partial charge in [0.15, 0.2) is 0 Å². The molecule has 3 heterocycles. The van der Waals surface area contributed by atoms with Gasteiger partial charge in [-0.05, 0) is 45.0 Å². The first-order valence-electron chi connectivity index (χ1n) is 10.0. The van der Waals surface area contributed by atoms with E-state index in [1.165, 1.54) is 25.1 Å². The Labute approximate surface area is 181 Å². The molecule has 2 aliphatic rings. The van der Waals surface area contributed by atoms with Gasteiger partial charge in [-0.15, -0.1) is 0 Å². The average Bonchev–Trinajstić information content (AvgIpc) is 3.23. The Morgan fingerprint density at radius 3 is 2.47 bits per heavy atom. The molecule has 1 aromatic heterocycles. The highest BCUT2D eigenvalue weighted by atomic mass is 19.4. The molecule has 1 amide bonds. The van der Waals surface area contributed by atoms with Crippen LogP contribution in [0, 0.1) is 11.3 Å². The number of benzene rings is 1. The summed E-state index contributed by atoms with van der Waals surface area (Å²) in [6.45, 7) is 3.21. The predicted octanol–water partition coefficient (Wildman–Crippen LogP) is 3.07. The summed E-state index contributed by atoms with van der Waals surface area (Å²) in [6, 6.07) is 4.37. The van der Waals surface area contributed by atoms with Gasteiger partial charge in [0, 0.05) is 29.0 Å². The third kappa shape index (κ3) is 4.57. The minimum atomic E-state index is -4.44. The summed E-state index contributed by atoms with van der Waals surface area (Å²) < 4.78 is 43.7. The van der Waals surface area contributed by atoms with Crippen LogP contribution in [-0.4, -0.2) is 34.8 Å². The predicted molar refractivity (Wildman–Crippen MR) is 110 cm³/mol. The van der Waals surface area contributed by atoms with Crippen LogP contribution in [0.2, 0.25) is 0 Å². The maximum atomic E-state index is 12.8. The zero-order chi connectivity index (χ0) is 22.9. The Kier molecular flexibility index (Phi) is 5.83. The van der Waals surface area contributed by atoms with Gasteiger partial charge >= 0.3 is 6.18 Å². The molecular formula is C21H21F3N6O2. The van der Waals surface area contributed by atoms with Gasteiger partial charge in [0.1, 0.15) is 11.4 Å². The van der Waals surface area contributed by atoms with Crippen LogP contribution in [0.5, 0.6) is 0 Å². The number of hydrogen-bond donors (Lipinski definition) is 4. The van der Waals surface area contributed by atoms with Crippen LogP contribution < -0.4 is 16.0 Å². The van der Waals surface area contributed by atoms with E-state index in [-0.39, 0.29) is 40.6 Å². The molecule has 0 aliphatic carbocycles. The highest BCUT2D eigenvalue weighted by Crippen LogP contribution is 2.31. The molecule has 2 aromatic rings. The lowest BCUT2D eigenvalue weighted by molar-refractivity contribution is -0.137. The molecule has 8 nitrogen and oxygen atoms in total. The molecule has 2 aliphatic heterocycles. The number of nitrogens with zero attached hydrogens (tertiary/aromatic N) is 2. The largest absolute Gasteiger partial charge is 0.416 e. The fraction of sp³-hybridized carbons (Fsp3) is 0.333. The Balaban J connectivity index is 1.64. The standard InChI is InChI=1S/C21H21F3N6O2/c1-11(25)17(19-27-15(10-16(31)28-19)12-6-8-26-9-7-12)20-29-18(30-32-20)13-2-4-14(5-3-13)21(22,23)24/h2-5,10,12,25-27H,6-9H2,1H3,(H,28,31)/b19-17-,25-11?. The SMILES string of the molecule is CC(=N)/C(=C1/NC(=O)C=C(C2CCNCC2)N1)c1nc(-c2ccc(C(F)(F)F)cc2)no1. The summed E-state index contributed by atoms with van der Waals surface area (Å²) in [5.74, 6) is 0.163. The summed E-state index contributed by atoms with van der Waals surface area (Å²) in [5, 5.41) is 21.2. The molecule has 1 aromatic carbocycles. The molecule has 4 N–H and O–H groups in total. The van der Waals surface area contributed by atoms with Crippen LogP contribution in [0.3, 0.4) is 0 Å². The van der Waals surface area contributed by atoms with E-state index in [0.717, 1.165) is 43.8 Å². The lowest BCUT2D eigenvalue weighted by atomic mass is 9.93. The molecule has 0 bridgehead atoms. The van der Waals surface area contributed by atoms with Crippen LogP contribution >= 0.6 is 0 Å². The summed E-state index contributed by atoms with van der Waals surface area (Å²) in [4.78, 5) is 16.6. The Morgan fingerprint density at radius 1 is 1.16 bits per heavy atom. The number of amides is 1. The van der Waals surface area contributed by atoms with Crippen molar-refractivity contribution >= 4 is 17.2 Å². The Hall–Kier alpha value is -3.47. The maximum Gasteiger partial charge on any atom is 0.416 e. The van der Waals surface area contributed by atoms with E-state index in [0.29, 0.717) is 5.56 Å². The molecule has 1 fully saturated rings. The molecule has 0 atom stereocenters. The first kappa shape index (κ1) is 21.8. The van der Waals surface area contributed by atoms with Crippen LogP contribution in [0.1, 0.15) is 31.2 Å². The van der Waals surface area contributed by atoms with Gasteiger partial charge in [0.2, 0.25) is 5.82 Å². The van der Waals surface area contributed by atoms with E-state index in [9.17, 15) is 18.0 Å². The maximum absolute atomic E-state index is 12.8. The second kappa shape index (κ2) is 8.58. The quantitative estimate of drug-likeness (QED) is 0.537. The molecule has 11 heteroatoms. The van der Waals surface area contributed by atoms with Gasteiger partial charge in [-0.1, -0.05) is 17.3 Å². The summed E-state index contributed by atoms with van der Waals surface area (Å²) >= 11 is 0. The van der Waals surface area contributed by atoms with Crippen molar-refractivity contribution < 1.29 is 22.5 Å². The van der Waals surface area contributed by atoms with Crippen molar-refractivity contribution in [1.29, 1.82) is 5.41 Å². The topological polar surface area (TPSA) is 116 Å². The molecule has 1 saturated heterocycles. The normalized spacial score (nSPS) is 19.1. The number of hydrogen-bond acceptors (Lipinski definition) is 7. The Morgan fingerprint density at radius 2 is 1.84 bits per heavy atom. The van der Waals surface area contributed by atoms with Crippen LogP contribution in [0.4, 0.5) is 13.2 Å². The highest BCUT2D eigenvalue weighted by Gasteiger charge is 2.31. The number of carbonyl (C=O) groups excluding carboxylic acids is 1. The summed E-state index contributed by atoms with van der Waals surface area (Å²) in [6.07, 6.45) is -1.19. The number of rotatable bonds is 4. The van der Waals surface area contributed by atoms with Gasteiger partial charge in [-0.2, -0.15) is 18.2 Å². The van der Waals surface area contributed by atoms with Gasteiger partial charge in [-0.25, -0.2) is 0 Å². The minimum Gasteiger partial charge on any atom is -0.344 e. The molecule has 168 valence electrons. The molecular weight excluding hydrogens is 425 g/mol. The monoisotopic (exact) mass is 446 g/mol. The number of alkyl halides is 3. The lowest BCUT2D eigenvalue weighted by Crippen LogP contribution is -2.41. The molecule has 0 saturated carbocycles. The van der Waals surface area contributed by atoms with Gasteiger partial charge in [0.25, 0.3) is 11.8 Å². The molecule has 0 radical (unpaired) electrons. The third-order valence-corrected chi connectivity index (χ3v) is 5.32. The van der Waals surface area contributed by atoms with Crippen molar-refractivity contribution in [3.05, 3.63) is 53.3 Å². The van der Waals surface area contributed by atoms with Crippen molar-refractivity contribution in [1.82, 2.24) is 26.1 Å². The van der Waals surface area contributed by atoms with Crippen LogP contribution in [0.25, 0.3) is 17.0 Å². The number of piperidine rings is 1. The van der Waals surface area contributed by atoms with Crippen molar-refractivity contribution in [2.24, 2.45) is 5.92 Å². The van der Waals surface area contributed by atoms with Gasteiger partial charge in [0.05, 0.1) is 5.56 Å². The number of nitrogens with one attached hydrogen (secondary N) is 4. The van der Waals surface area contributed by atoms with E-state index in [2.05, 4.69) is 26.1 Å². The Bertz CT molecular complexity index is 1100. The zero-order valence-electron chi connectivity index (χ0n) is 17.1. The van der Waals surface area contributed by atoms with Crippen molar-refractivity contribution in [2.75, 3.05) is 13.1 Å². The first-order valence-corrected chi connectivity index (χ1v) is 10.0. The molecule has 32 heavy (non-hydrogen) atoms. The molecule has 4 rings (SSSR count). The lowest BCUT2D eigenvalue weighted by Gasteiger charge is -2.30. The highest BCUT2D eigenvalue weighted by molar-refractivity contribution is 6.21. The number of allylic oxidation sites excluding steroid dienone is 2. The van der Waals surface area contributed by atoms with Crippen LogP contribution in [0.15, 0.2) is 46.4 Å². The van der Waals surface area contributed by atoms with Crippen molar-refractivity contribution in [3.8, 4) is 11.4 Å². The van der Waals surface area contributed by atoms with E-state index >= 15 is 0 Å². The zero-order valence-corrected chi connectivity index (χ0v) is 17.1. The van der Waals surface area contributed by atoms with Crippen molar-refractivity contribution in [2.45, 2.75) is 25.9 Å². The van der Waals surface area contributed by atoms with E-state index < -0.39 is 11.7 Å². The van der Waals surface area contributed by atoms with Crippen LogP contribution in [-0.2, 0) is 11.0 Å². The first-order chi connectivity index (χ1) is 15.2. The fourth-order valence-corrected chi connectivity index (χ4v) is 3.70. The third-order valence-electron chi connectivity index (χ3n) is 5.32.